The van der Waals surface area contributed by atoms with E-state index in [0.717, 1.165) is 11.1 Å². The molecule has 0 aliphatic heterocycles. The molecule has 0 saturated carbocycles. The van der Waals surface area contributed by atoms with Crippen LogP contribution in [0.3, 0.4) is 0 Å². The molecule has 1 aromatic heterocycles. The van der Waals surface area contributed by atoms with E-state index in [1.165, 1.54) is 4.68 Å². The van der Waals surface area contributed by atoms with Gasteiger partial charge in [-0.1, -0.05) is 47.5 Å². The maximum atomic E-state index is 6.07. The van der Waals surface area contributed by atoms with E-state index in [0.29, 0.717) is 21.7 Å². The first kappa shape index (κ1) is 13.0. The largest absolute Gasteiger partial charge is 0.336 e. The molecule has 0 radical (unpaired) electrons. The Morgan fingerprint density at radius 1 is 0.800 bits per heavy atom. The highest BCUT2D eigenvalue weighted by Crippen LogP contribution is 2.25. The molecule has 20 heavy (non-hydrogen) atoms. The Labute approximate surface area is 125 Å². The van der Waals surface area contributed by atoms with Crippen molar-refractivity contribution in [3.05, 3.63) is 58.6 Å². The average molecular weight is 305 g/mol. The summed E-state index contributed by atoms with van der Waals surface area (Å²) in [5.41, 5.74) is 1.61. The molecule has 1 heterocycles. The van der Waals surface area contributed by atoms with Gasteiger partial charge in [0.15, 0.2) is 11.6 Å². The van der Waals surface area contributed by atoms with Crippen molar-refractivity contribution in [3.8, 4) is 22.8 Å². The summed E-state index contributed by atoms with van der Waals surface area (Å²) >= 11 is 12.0. The van der Waals surface area contributed by atoms with Gasteiger partial charge < -0.3 is 5.84 Å². The number of rotatable bonds is 2. The fourth-order valence-corrected chi connectivity index (χ4v) is 2.32. The summed E-state index contributed by atoms with van der Waals surface area (Å²) in [6, 6.07) is 14.6. The number of nitrogens with zero attached hydrogens (tertiary/aromatic N) is 3. The zero-order valence-electron chi connectivity index (χ0n) is 10.3. The van der Waals surface area contributed by atoms with Gasteiger partial charge in [-0.15, -0.1) is 10.2 Å². The summed E-state index contributed by atoms with van der Waals surface area (Å²) in [5, 5.41) is 9.48. The van der Waals surface area contributed by atoms with E-state index in [4.69, 9.17) is 29.0 Å². The Bertz CT molecular complexity index is 704. The fourth-order valence-electron chi connectivity index (χ4n) is 1.94. The first-order valence-electron chi connectivity index (χ1n) is 5.87. The van der Waals surface area contributed by atoms with Crippen LogP contribution in [0.25, 0.3) is 22.8 Å². The standard InChI is InChI=1S/C14H10Cl2N4/c15-11-5-1-3-9(7-11)13-18-19-14(20(13)17)10-4-2-6-12(16)8-10/h1-8H,17H2. The lowest BCUT2D eigenvalue weighted by Crippen LogP contribution is -2.11. The van der Waals surface area contributed by atoms with Gasteiger partial charge >= 0.3 is 0 Å². The van der Waals surface area contributed by atoms with Crippen LogP contribution in [0.15, 0.2) is 48.5 Å². The Morgan fingerprint density at radius 3 is 1.65 bits per heavy atom. The smallest absolute Gasteiger partial charge is 0.182 e. The minimum atomic E-state index is 0.544. The topological polar surface area (TPSA) is 56.7 Å². The molecule has 3 rings (SSSR count). The highest BCUT2D eigenvalue weighted by atomic mass is 35.5. The van der Waals surface area contributed by atoms with Crippen molar-refractivity contribution in [2.45, 2.75) is 0 Å². The Hall–Kier alpha value is -2.04. The van der Waals surface area contributed by atoms with Crippen LogP contribution in [-0.4, -0.2) is 14.9 Å². The van der Waals surface area contributed by atoms with Crippen LogP contribution in [0.5, 0.6) is 0 Å². The van der Waals surface area contributed by atoms with Gasteiger partial charge in [-0.05, 0) is 24.3 Å². The second-order valence-corrected chi connectivity index (χ2v) is 5.11. The highest BCUT2D eigenvalue weighted by molar-refractivity contribution is 6.31. The molecule has 0 aliphatic rings. The lowest BCUT2D eigenvalue weighted by Gasteiger charge is -2.04. The predicted octanol–water partition coefficient (Wildman–Crippen LogP) is 3.63. The molecule has 0 spiro atoms. The summed E-state index contributed by atoms with van der Waals surface area (Å²) in [5.74, 6) is 7.16. The first-order valence-corrected chi connectivity index (χ1v) is 6.63. The van der Waals surface area contributed by atoms with Crippen LogP contribution in [0, 0.1) is 0 Å². The number of nitrogens with two attached hydrogens (primary N) is 1. The average Bonchev–Trinajstić information content (AvgIpc) is 2.80. The molecule has 2 aromatic carbocycles. The van der Waals surface area contributed by atoms with Gasteiger partial charge in [0.05, 0.1) is 0 Å². The van der Waals surface area contributed by atoms with Crippen molar-refractivity contribution in [1.29, 1.82) is 0 Å². The normalized spacial score (nSPS) is 10.7. The summed E-state index contributed by atoms with van der Waals surface area (Å²) < 4.78 is 1.43. The van der Waals surface area contributed by atoms with E-state index < -0.39 is 0 Å². The molecule has 6 heteroatoms. The maximum absolute atomic E-state index is 6.07. The van der Waals surface area contributed by atoms with Gasteiger partial charge in [0.2, 0.25) is 0 Å². The van der Waals surface area contributed by atoms with E-state index in [1.807, 2.05) is 24.3 Å². The van der Waals surface area contributed by atoms with Crippen molar-refractivity contribution in [2.24, 2.45) is 0 Å². The number of aromatic nitrogens is 3. The minimum absolute atomic E-state index is 0.544. The van der Waals surface area contributed by atoms with Crippen molar-refractivity contribution in [2.75, 3.05) is 5.84 Å². The molecular weight excluding hydrogens is 295 g/mol. The third kappa shape index (κ3) is 2.35. The zero-order chi connectivity index (χ0) is 14.1. The zero-order valence-corrected chi connectivity index (χ0v) is 11.8. The van der Waals surface area contributed by atoms with Crippen molar-refractivity contribution >= 4 is 23.2 Å². The van der Waals surface area contributed by atoms with E-state index in [9.17, 15) is 0 Å². The number of hydrogen-bond donors (Lipinski definition) is 1. The van der Waals surface area contributed by atoms with Crippen LogP contribution in [-0.2, 0) is 0 Å². The highest BCUT2D eigenvalue weighted by Gasteiger charge is 2.13. The Balaban J connectivity index is 2.09. The Morgan fingerprint density at radius 2 is 1.25 bits per heavy atom. The van der Waals surface area contributed by atoms with E-state index in [1.54, 1.807) is 24.3 Å². The second-order valence-electron chi connectivity index (χ2n) is 4.24. The van der Waals surface area contributed by atoms with Crippen LogP contribution in [0.4, 0.5) is 0 Å². The lowest BCUT2D eigenvalue weighted by molar-refractivity contribution is 1.02. The van der Waals surface area contributed by atoms with Crippen LogP contribution in [0.1, 0.15) is 0 Å². The molecule has 0 fully saturated rings. The fraction of sp³-hybridized carbons (Fsp3) is 0. The summed E-state index contributed by atoms with van der Waals surface area (Å²) in [4.78, 5) is 0. The molecule has 0 amide bonds. The van der Waals surface area contributed by atoms with Gasteiger partial charge in [0.25, 0.3) is 0 Å². The molecule has 0 unspecified atom stereocenters. The van der Waals surface area contributed by atoms with Crippen molar-refractivity contribution < 1.29 is 0 Å². The number of hydrogen-bond acceptors (Lipinski definition) is 3. The van der Waals surface area contributed by atoms with Gasteiger partial charge in [-0.25, -0.2) is 4.68 Å². The molecule has 0 atom stereocenters. The monoisotopic (exact) mass is 304 g/mol. The molecule has 4 nitrogen and oxygen atoms in total. The van der Waals surface area contributed by atoms with E-state index in [2.05, 4.69) is 10.2 Å². The van der Waals surface area contributed by atoms with Crippen LogP contribution < -0.4 is 5.84 Å². The predicted molar refractivity (Wildman–Crippen MR) is 81.1 cm³/mol. The molecule has 0 bridgehead atoms. The summed E-state index contributed by atoms with van der Waals surface area (Å²) in [6.45, 7) is 0. The molecule has 0 saturated heterocycles. The Kier molecular flexibility index (Phi) is 3.34. The third-order valence-corrected chi connectivity index (χ3v) is 3.33. The lowest BCUT2D eigenvalue weighted by atomic mass is 10.2. The van der Waals surface area contributed by atoms with Gasteiger partial charge in [0.1, 0.15) is 0 Å². The van der Waals surface area contributed by atoms with Crippen molar-refractivity contribution in [3.63, 3.8) is 0 Å². The third-order valence-electron chi connectivity index (χ3n) is 2.86. The van der Waals surface area contributed by atoms with Gasteiger partial charge in [-0.3, -0.25) is 0 Å². The molecular formula is C14H10Cl2N4. The minimum Gasteiger partial charge on any atom is -0.336 e. The van der Waals surface area contributed by atoms with Gasteiger partial charge in [0, 0.05) is 21.2 Å². The SMILES string of the molecule is Nn1c(-c2cccc(Cl)c2)nnc1-c1cccc(Cl)c1. The molecule has 0 aliphatic carbocycles. The van der Waals surface area contributed by atoms with Crippen LogP contribution in [0.2, 0.25) is 10.0 Å². The first-order chi connectivity index (χ1) is 9.65. The number of benzene rings is 2. The summed E-state index contributed by atoms with van der Waals surface area (Å²) in [6.07, 6.45) is 0. The number of nitrogen functional groups attached to an aromatic ring is 1. The van der Waals surface area contributed by atoms with Crippen LogP contribution >= 0.6 is 23.2 Å². The number of halogens is 2. The quantitative estimate of drug-likeness (QED) is 0.735. The van der Waals surface area contributed by atoms with Crippen molar-refractivity contribution in [1.82, 2.24) is 14.9 Å². The van der Waals surface area contributed by atoms with E-state index >= 15 is 0 Å². The molecule has 2 N–H and O–H groups in total. The maximum Gasteiger partial charge on any atom is 0.182 e. The molecule has 3 aromatic rings. The second kappa shape index (κ2) is 5.15. The summed E-state index contributed by atoms with van der Waals surface area (Å²) in [7, 11) is 0. The molecule has 100 valence electrons. The van der Waals surface area contributed by atoms with Gasteiger partial charge in [-0.2, -0.15) is 0 Å². The van der Waals surface area contributed by atoms with E-state index in [-0.39, 0.29) is 0 Å².